The molecule has 3 saturated heterocycles. The fraction of sp³-hybridized carbons (Fsp3) is 0.579. The number of nitrogens with zero attached hydrogens (tertiary/aromatic N) is 2. The number of piperidine rings is 1. The summed E-state index contributed by atoms with van der Waals surface area (Å²) in [6, 6.07) is 8.82. The third-order valence-electron chi connectivity index (χ3n) is 5.25. The van der Waals surface area contributed by atoms with E-state index in [4.69, 9.17) is 9.47 Å². The van der Waals surface area contributed by atoms with E-state index in [0.29, 0.717) is 37.0 Å². The van der Waals surface area contributed by atoms with Gasteiger partial charge in [0.25, 0.3) is 5.91 Å². The molecular formula is C19H24N2O4S. The van der Waals surface area contributed by atoms with Crippen LogP contribution in [-0.2, 0) is 14.3 Å². The molecule has 0 spiro atoms. The van der Waals surface area contributed by atoms with Crippen LogP contribution in [0.4, 0.5) is 0 Å². The first-order chi connectivity index (χ1) is 12.7. The van der Waals surface area contributed by atoms with Gasteiger partial charge in [-0.3, -0.25) is 9.59 Å². The van der Waals surface area contributed by atoms with Crippen molar-refractivity contribution in [2.75, 3.05) is 37.9 Å². The number of likely N-dealkylation sites (tertiary alicyclic amines) is 1. The summed E-state index contributed by atoms with van der Waals surface area (Å²) in [5.74, 6) is 1.44. The van der Waals surface area contributed by atoms with Crippen molar-refractivity contribution in [2.45, 2.75) is 25.2 Å². The van der Waals surface area contributed by atoms with Gasteiger partial charge in [0.15, 0.2) is 6.29 Å². The minimum absolute atomic E-state index is 0.0574. The smallest absolute Gasteiger partial charge is 0.255 e. The van der Waals surface area contributed by atoms with Crippen molar-refractivity contribution in [3.8, 4) is 0 Å². The molecule has 3 heterocycles. The second-order valence-corrected chi connectivity index (χ2v) is 7.95. The number of hydrogen-bond acceptors (Lipinski definition) is 5. The molecule has 0 aliphatic carbocycles. The predicted octanol–water partition coefficient (Wildman–Crippen LogP) is 1.81. The normalized spacial score (nSPS) is 27.1. The monoisotopic (exact) mass is 376 g/mol. The van der Waals surface area contributed by atoms with Crippen molar-refractivity contribution in [1.29, 1.82) is 0 Å². The van der Waals surface area contributed by atoms with Gasteiger partial charge < -0.3 is 19.3 Å². The number of hydrogen-bond donors (Lipinski definition) is 0. The Morgan fingerprint density at radius 3 is 2.65 bits per heavy atom. The lowest BCUT2D eigenvalue weighted by Gasteiger charge is -2.37. The van der Waals surface area contributed by atoms with Crippen molar-refractivity contribution in [3.05, 3.63) is 35.9 Å². The molecule has 2 atom stereocenters. The molecule has 1 aromatic rings. The van der Waals surface area contributed by atoms with E-state index in [1.54, 1.807) is 28.8 Å². The first-order valence-corrected chi connectivity index (χ1v) is 10.4. The molecule has 6 nitrogen and oxygen atoms in total. The Labute approximate surface area is 157 Å². The van der Waals surface area contributed by atoms with Crippen LogP contribution in [0.1, 0.15) is 23.2 Å². The molecule has 1 aromatic carbocycles. The van der Waals surface area contributed by atoms with Crippen LogP contribution in [0.3, 0.4) is 0 Å². The summed E-state index contributed by atoms with van der Waals surface area (Å²) in [7, 11) is 0. The third kappa shape index (κ3) is 3.61. The molecule has 0 saturated carbocycles. The molecule has 3 aliphatic heterocycles. The van der Waals surface area contributed by atoms with Gasteiger partial charge in [0, 0.05) is 30.3 Å². The van der Waals surface area contributed by atoms with Gasteiger partial charge in [-0.2, -0.15) is 0 Å². The predicted molar refractivity (Wildman–Crippen MR) is 98.7 cm³/mol. The quantitative estimate of drug-likeness (QED) is 0.805. The van der Waals surface area contributed by atoms with Crippen molar-refractivity contribution >= 4 is 23.6 Å². The van der Waals surface area contributed by atoms with Crippen molar-refractivity contribution in [3.63, 3.8) is 0 Å². The maximum absolute atomic E-state index is 13.1. The van der Waals surface area contributed by atoms with Crippen LogP contribution in [0.15, 0.2) is 30.3 Å². The topological polar surface area (TPSA) is 59.1 Å². The Kier molecular flexibility index (Phi) is 5.47. The highest BCUT2D eigenvalue weighted by Gasteiger charge is 2.40. The summed E-state index contributed by atoms with van der Waals surface area (Å²) < 4.78 is 11.3. The number of thioether (sulfide) groups is 1. The largest absolute Gasteiger partial charge is 0.350 e. The Morgan fingerprint density at radius 1 is 1.12 bits per heavy atom. The highest BCUT2D eigenvalue weighted by atomic mass is 32.2. The fourth-order valence-electron chi connectivity index (χ4n) is 3.89. The van der Waals surface area contributed by atoms with Gasteiger partial charge in [0.2, 0.25) is 5.91 Å². The lowest BCUT2D eigenvalue weighted by molar-refractivity contribution is -0.142. The lowest BCUT2D eigenvalue weighted by Crippen LogP contribution is -2.52. The molecule has 7 heteroatoms. The molecule has 0 bridgehead atoms. The minimum Gasteiger partial charge on any atom is -0.350 e. The SMILES string of the molecule is O=C(C1CSCN1C(=O)c1ccccc1)N1CCCC(C2OCCO2)C1. The zero-order valence-corrected chi connectivity index (χ0v) is 15.5. The fourth-order valence-corrected chi connectivity index (χ4v) is 5.03. The zero-order chi connectivity index (χ0) is 17.9. The molecule has 0 aromatic heterocycles. The molecule has 2 amide bonds. The summed E-state index contributed by atoms with van der Waals surface area (Å²) >= 11 is 1.64. The van der Waals surface area contributed by atoms with Gasteiger partial charge in [-0.1, -0.05) is 18.2 Å². The average molecular weight is 376 g/mol. The van der Waals surface area contributed by atoms with Crippen LogP contribution < -0.4 is 0 Å². The molecular weight excluding hydrogens is 352 g/mol. The molecule has 26 heavy (non-hydrogen) atoms. The van der Waals surface area contributed by atoms with Crippen LogP contribution >= 0.6 is 11.8 Å². The summed E-state index contributed by atoms with van der Waals surface area (Å²) in [5, 5.41) is 0. The number of benzene rings is 1. The zero-order valence-electron chi connectivity index (χ0n) is 14.7. The van der Waals surface area contributed by atoms with E-state index in [1.807, 2.05) is 23.1 Å². The number of ether oxygens (including phenoxy) is 2. The van der Waals surface area contributed by atoms with E-state index in [-0.39, 0.29) is 30.1 Å². The maximum Gasteiger partial charge on any atom is 0.255 e. The summed E-state index contributed by atoms with van der Waals surface area (Å²) in [4.78, 5) is 29.6. The van der Waals surface area contributed by atoms with Crippen LogP contribution in [0.5, 0.6) is 0 Å². The van der Waals surface area contributed by atoms with Gasteiger partial charge in [-0.15, -0.1) is 11.8 Å². The van der Waals surface area contributed by atoms with E-state index in [2.05, 4.69) is 0 Å². The van der Waals surface area contributed by atoms with Crippen molar-refractivity contribution in [2.24, 2.45) is 5.92 Å². The van der Waals surface area contributed by atoms with Gasteiger partial charge in [-0.05, 0) is 25.0 Å². The number of carbonyl (C=O) groups is 2. The Morgan fingerprint density at radius 2 is 1.88 bits per heavy atom. The van der Waals surface area contributed by atoms with E-state index in [1.165, 1.54) is 0 Å². The van der Waals surface area contributed by atoms with Crippen LogP contribution in [-0.4, -0.2) is 71.9 Å². The van der Waals surface area contributed by atoms with Gasteiger partial charge in [0.05, 0.1) is 19.1 Å². The lowest BCUT2D eigenvalue weighted by atomic mass is 9.96. The maximum atomic E-state index is 13.1. The van der Waals surface area contributed by atoms with Gasteiger partial charge in [-0.25, -0.2) is 0 Å². The summed E-state index contributed by atoms with van der Waals surface area (Å²) in [5.41, 5.74) is 0.636. The summed E-state index contributed by atoms with van der Waals surface area (Å²) in [6.45, 7) is 2.66. The van der Waals surface area contributed by atoms with Crippen LogP contribution in [0.25, 0.3) is 0 Å². The van der Waals surface area contributed by atoms with E-state index in [9.17, 15) is 9.59 Å². The molecule has 4 rings (SSSR count). The number of amides is 2. The second kappa shape index (κ2) is 7.98. The molecule has 0 radical (unpaired) electrons. The molecule has 140 valence electrons. The number of rotatable bonds is 3. The minimum atomic E-state index is -0.378. The second-order valence-electron chi connectivity index (χ2n) is 6.95. The van der Waals surface area contributed by atoms with Crippen molar-refractivity contribution in [1.82, 2.24) is 9.80 Å². The Balaban J connectivity index is 1.43. The Bertz CT molecular complexity index is 650. The molecule has 3 aliphatic rings. The first kappa shape index (κ1) is 17.8. The molecule has 3 fully saturated rings. The van der Waals surface area contributed by atoms with Gasteiger partial charge in [0.1, 0.15) is 6.04 Å². The van der Waals surface area contributed by atoms with Gasteiger partial charge >= 0.3 is 0 Å². The molecule has 0 N–H and O–H groups in total. The Hall–Kier alpha value is -1.57. The third-order valence-corrected chi connectivity index (χ3v) is 6.26. The average Bonchev–Trinajstić information content (AvgIpc) is 3.39. The van der Waals surface area contributed by atoms with E-state index < -0.39 is 0 Å². The van der Waals surface area contributed by atoms with E-state index >= 15 is 0 Å². The van der Waals surface area contributed by atoms with Crippen molar-refractivity contribution < 1.29 is 19.1 Å². The first-order valence-electron chi connectivity index (χ1n) is 9.20. The number of carbonyl (C=O) groups excluding carboxylic acids is 2. The highest BCUT2D eigenvalue weighted by molar-refractivity contribution is 7.99. The van der Waals surface area contributed by atoms with Crippen LogP contribution in [0, 0.1) is 5.92 Å². The standard InChI is InChI=1S/C19H24N2O4S/c22-17(14-5-2-1-3-6-14)21-13-26-12-16(21)18(23)20-8-4-7-15(11-20)19-24-9-10-25-19/h1-3,5-6,15-16,19H,4,7-13H2. The highest BCUT2D eigenvalue weighted by Crippen LogP contribution is 2.29. The van der Waals surface area contributed by atoms with E-state index in [0.717, 1.165) is 19.4 Å². The van der Waals surface area contributed by atoms with Crippen LogP contribution in [0.2, 0.25) is 0 Å². The molecule has 2 unspecified atom stereocenters. The summed E-state index contributed by atoms with van der Waals surface area (Å²) in [6.07, 6.45) is 1.78.